The van der Waals surface area contributed by atoms with Gasteiger partial charge in [-0.3, -0.25) is 10.1 Å². The van der Waals surface area contributed by atoms with E-state index in [-0.39, 0.29) is 6.04 Å². The number of amides is 3. The fraction of sp³-hybridized carbons (Fsp3) is 0.267. The molecule has 2 N–H and O–H groups in total. The van der Waals surface area contributed by atoms with Gasteiger partial charge in [0.05, 0.1) is 0 Å². The molecule has 0 radical (unpaired) electrons. The van der Waals surface area contributed by atoms with Crippen LogP contribution in [0.25, 0.3) is 6.08 Å². The summed E-state index contributed by atoms with van der Waals surface area (Å²) in [5.74, 6) is -1.47. The SMILES string of the molecule is CC(C)NC(=O)NC(=O)COC(=O)/C=C/c1ccc(Cl)cc1Cl. The monoisotopic (exact) mass is 358 g/mol. The summed E-state index contributed by atoms with van der Waals surface area (Å²) in [6.07, 6.45) is 2.56. The normalized spacial score (nSPS) is 10.7. The lowest BCUT2D eigenvalue weighted by molar-refractivity contribution is -0.143. The Labute approximate surface area is 143 Å². The van der Waals surface area contributed by atoms with Gasteiger partial charge in [0.2, 0.25) is 0 Å². The van der Waals surface area contributed by atoms with Crippen LogP contribution in [0.4, 0.5) is 4.79 Å². The minimum absolute atomic E-state index is 0.114. The summed E-state index contributed by atoms with van der Waals surface area (Å²) < 4.78 is 4.71. The molecule has 0 aliphatic carbocycles. The third-order valence-electron chi connectivity index (χ3n) is 2.38. The van der Waals surface area contributed by atoms with E-state index in [0.717, 1.165) is 6.08 Å². The number of imide groups is 1. The van der Waals surface area contributed by atoms with E-state index in [1.54, 1.807) is 26.0 Å². The van der Waals surface area contributed by atoms with Crippen molar-refractivity contribution in [1.29, 1.82) is 0 Å². The molecule has 0 saturated carbocycles. The first-order chi connectivity index (χ1) is 10.8. The zero-order chi connectivity index (χ0) is 17.4. The van der Waals surface area contributed by atoms with Gasteiger partial charge in [-0.2, -0.15) is 0 Å². The average molecular weight is 359 g/mol. The van der Waals surface area contributed by atoms with E-state index in [4.69, 9.17) is 27.9 Å². The molecule has 3 amide bonds. The molecule has 1 rings (SSSR count). The van der Waals surface area contributed by atoms with Crippen LogP contribution in [0.2, 0.25) is 10.0 Å². The number of halogens is 2. The number of hydrogen-bond acceptors (Lipinski definition) is 4. The van der Waals surface area contributed by atoms with Crippen LogP contribution in [-0.2, 0) is 14.3 Å². The van der Waals surface area contributed by atoms with Crippen LogP contribution in [0.15, 0.2) is 24.3 Å². The van der Waals surface area contributed by atoms with Crippen LogP contribution < -0.4 is 10.6 Å². The Morgan fingerprint density at radius 3 is 2.57 bits per heavy atom. The lowest BCUT2D eigenvalue weighted by atomic mass is 10.2. The van der Waals surface area contributed by atoms with Gasteiger partial charge in [-0.25, -0.2) is 9.59 Å². The molecule has 6 nitrogen and oxygen atoms in total. The summed E-state index contributed by atoms with van der Waals surface area (Å²) in [6.45, 7) is 2.93. The lowest BCUT2D eigenvalue weighted by Crippen LogP contribution is -2.43. The maximum absolute atomic E-state index is 11.5. The Morgan fingerprint density at radius 2 is 1.96 bits per heavy atom. The molecule has 0 aliphatic heterocycles. The number of urea groups is 1. The predicted molar refractivity (Wildman–Crippen MR) is 88.3 cm³/mol. The van der Waals surface area contributed by atoms with E-state index in [9.17, 15) is 14.4 Å². The number of benzene rings is 1. The molecule has 0 atom stereocenters. The lowest BCUT2D eigenvalue weighted by Gasteiger charge is -2.08. The Hall–Kier alpha value is -2.05. The van der Waals surface area contributed by atoms with Gasteiger partial charge in [-0.1, -0.05) is 29.3 Å². The van der Waals surface area contributed by atoms with Crippen LogP contribution in [0.1, 0.15) is 19.4 Å². The fourth-order valence-corrected chi connectivity index (χ4v) is 1.91. The van der Waals surface area contributed by atoms with E-state index in [0.29, 0.717) is 15.6 Å². The number of carbonyl (C=O) groups excluding carboxylic acids is 3. The van der Waals surface area contributed by atoms with Crippen molar-refractivity contribution in [2.24, 2.45) is 0 Å². The van der Waals surface area contributed by atoms with Gasteiger partial charge < -0.3 is 10.1 Å². The third kappa shape index (κ3) is 7.67. The summed E-state index contributed by atoms with van der Waals surface area (Å²) in [5, 5.41) is 5.35. The van der Waals surface area contributed by atoms with Crippen LogP contribution in [-0.4, -0.2) is 30.6 Å². The highest BCUT2D eigenvalue weighted by Gasteiger charge is 2.10. The summed E-state index contributed by atoms with van der Waals surface area (Å²) in [6, 6.07) is 4.04. The molecule has 0 spiro atoms. The van der Waals surface area contributed by atoms with E-state index in [1.807, 2.05) is 5.32 Å². The molecule has 0 aliphatic rings. The molecule has 124 valence electrons. The zero-order valence-electron chi connectivity index (χ0n) is 12.6. The molecule has 1 aromatic rings. The molecule has 0 aromatic heterocycles. The maximum atomic E-state index is 11.5. The standard InChI is InChI=1S/C15H16Cl2N2O4/c1-9(2)18-15(22)19-13(20)8-23-14(21)6-4-10-3-5-11(16)7-12(10)17/h3-7,9H,8H2,1-2H3,(H2,18,19,20,22)/b6-4+. The Kier molecular flexibility index (Phi) is 7.57. The molecule has 0 saturated heterocycles. The molecule has 0 unspecified atom stereocenters. The van der Waals surface area contributed by atoms with E-state index in [2.05, 4.69) is 5.32 Å². The van der Waals surface area contributed by atoms with Crippen LogP contribution in [0.5, 0.6) is 0 Å². The van der Waals surface area contributed by atoms with Gasteiger partial charge in [0.1, 0.15) is 0 Å². The first-order valence-electron chi connectivity index (χ1n) is 6.68. The second kappa shape index (κ2) is 9.17. The minimum Gasteiger partial charge on any atom is -0.452 e. The quantitative estimate of drug-likeness (QED) is 0.626. The Balaban J connectivity index is 2.43. The fourth-order valence-electron chi connectivity index (χ4n) is 1.44. The molecular weight excluding hydrogens is 343 g/mol. The number of hydrogen-bond donors (Lipinski definition) is 2. The van der Waals surface area contributed by atoms with Gasteiger partial charge in [-0.05, 0) is 37.6 Å². The van der Waals surface area contributed by atoms with E-state index in [1.165, 1.54) is 12.1 Å². The van der Waals surface area contributed by atoms with E-state index < -0.39 is 24.5 Å². The molecule has 0 fully saturated rings. The van der Waals surface area contributed by atoms with Crippen molar-refractivity contribution in [3.63, 3.8) is 0 Å². The topological polar surface area (TPSA) is 84.5 Å². The summed E-state index contributed by atoms with van der Waals surface area (Å²) >= 11 is 11.7. The number of nitrogens with one attached hydrogen (secondary N) is 2. The average Bonchev–Trinajstić information content (AvgIpc) is 2.43. The highest BCUT2D eigenvalue weighted by molar-refractivity contribution is 6.35. The van der Waals surface area contributed by atoms with Crippen LogP contribution in [0.3, 0.4) is 0 Å². The first kappa shape index (κ1) is 19.0. The van der Waals surface area contributed by atoms with Gasteiger partial charge in [-0.15, -0.1) is 0 Å². The highest BCUT2D eigenvalue weighted by Crippen LogP contribution is 2.21. The Bertz CT molecular complexity index is 630. The van der Waals surface area contributed by atoms with Crippen molar-refractivity contribution in [2.45, 2.75) is 19.9 Å². The molecule has 8 heteroatoms. The molecule has 0 bridgehead atoms. The van der Waals surface area contributed by atoms with Crippen molar-refractivity contribution in [3.8, 4) is 0 Å². The van der Waals surface area contributed by atoms with Gasteiger partial charge in [0, 0.05) is 22.2 Å². The van der Waals surface area contributed by atoms with Crippen molar-refractivity contribution in [1.82, 2.24) is 10.6 Å². The first-order valence-corrected chi connectivity index (χ1v) is 7.43. The smallest absolute Gasteiger partial charge is 0.331 e. The minimum atomic E-state index is -0.740. The highest BCUT2D eigenvalue weighted by atomic mass is 35.5. The second-order valence-electron chi connectivity index (χ2n) is 4.78. The van der Waals surface area contributed by atoms with Crippen molar-refractivity contribution in [2.75, 3.05) is 6.61 Å². The number of ether oxygens (including phenoxy) is 1. The predicted octanol–water partition coefficient (Wildman–Crippen LogP) is 2.78. The number of carbonyl (C=O) groups is 3. The largest absolute Gasteiger partial charge is 0.452 e. The molecular formula is C15H16Cl2N2O4. The summed E-state index contributed by atoms with van der Waals surface area (Å²) in [5.41, 5.74) is 0.578. The Morgan fingerprint density at radius 1 is 1.26 bits per heavy atom. The summed E-state index contributed by atoms with van der Waals surface area (Å²) in [7, 11) is 0. The second-order valence-corrected chi connectivity index (χ2v) is 5.63. The third-order valence-corrected chi connectivity index (χ3v) is 2.94. The van der Waals surface area contributed by atoms with Gasteiger partial charge in [0.15, 0.2) is 6.61 Å². The maximum Gasteiger partial charge on any atom is 0.331 e. The van der Waals surface area contributed by atoms with Gasteiger partial charge in [0.25, 0.3) is 5.91 Å². The van der Waals surface area contributed by atoms with Gasteiger partial charge >= 0.3 is 12.0 Å². The summed E-state index contributed by atoms with van der Waals surface area (Å²) in [4.78, 5) is 34.2. The zero-order valence-corrected chi connectivity index (χ0v) is 14.1. The van der Waals surface area contributed by atoms with Crippen molar-refractivity contribution < 1.29 is 19.1 Å². The molecule has 0 heterocycles. The number of rotatable bonds is 5. The van der Waals surface area contributed by atoms with Crippen molar-refractivity contribution >= 4 is 47.2 Å². The van der Waals surface area contributed by atoms with Crippen LogP contribution in [0, 0.1) is 0 Å². The molecule has 23 heavy (non-hydrogen) atoms. The van der Waals surface area contributed by atoms with Crippen LogP contribution >= 0.6 is 23.2 Å². The van der Waals surface area contributed by atoms with Crippen molar-refractivity contribution in [3.05, 3.63) is 39.9 Å². The number of esters is 1. The molecule has 1 aromatic carbocycles. The van der Waals surface area contributed by atoms with E-state index >= 15 is 0 Å².